The second-order valence-electron chi connectivity index (χ2n) is 8.47. The van der Waals surface area contributed by atoms with Crippen molar-refractivity contribution in [2.45, 2.75) is 57.0 Å². The van der Waals surface area contributed by atoms with Gasteiger partial charge >= 0.3 is 0 Å². The molecule has 2 amide bonds. The fraction of sp³-hybridized carbons (Fsp3) is 0.417. The Hall–Kier alpha value is -2.47. The lowest BCUT2D eigenvalue weighted by molar-refractivity contribution is -0.126. The summed E-state index contributed by atoms with van der Waals surface area (Å²) in [6.07, 6.45) is 0.546. The molecule has 1 atom stereocenters. The highest BCUT2D eigenvalue weighted by Crippen LogP contribution is 2.39. The molecule has 0 bridgehead atoms. The zero-order chi connectivity index (χ0) is 21.9. The van der Waals surface area contributed by atoms with Gasteiger partial charge in [-0.1, -0.05) is 45.9 Å². The monoisotopic (exact) mass is 426 g/mol. The molecule has 0 radical (unpaired) electrons. The summed E-state index contributed by atoms with van der Waals surface area (Å²) in [5, 5.41) is 3.00. The largest absolute Gasteiger partial charge is 0.497 e. The van der Waals surface area contributed by atoms with Crippen LogP contribution in [0.15, 0.2) is 47.4 Å². The summed E-state index contributed by atoms with van der Waals surface area (Å²) in [5.41, 5.74) is 2.93. The molecule has 0 fully saturated rings. The van der Waals surface area contributed by atoms with Gasteiger partial charge in [-0.25, -0.2) is 0 Å². The molecule has 0 aliphatic carbocycles. The van der Waals surface area contributed by atoms with Crippen LogP contribution in [0.4, 0.5) is 5.69 Å². The van der Waals surface area contributed by atoms with E-state index in [2.05, 4.69) is 44.3 Å². The van der Waals surface area contributed by atoms with Crippen molar-refractivity contribution < 1.29 is 14.3 Å². The van der Waals surface area contributed by atoms with E-state index < -0.39 is 6.04 Å². The molecular formula is C24H30N2O3S. The third kappa shape index (κ3) is 4.81. The number of benzene rings is 2. The number of fused-ring (bicyclic) bond motifs is 1. The lowest BCUT2D eigenvalue weighted by atomic mass is 9.86. The highest BCUT2D eigenvalue weighted by Gasteiger charge is 2.34. The van der Waals surface area contributed by atoms with E-state index in [0.29, 0.717) is 18.7 Å². The van der Waals surface area contributed by atoms with Crippen LogP contribution >= 0.6 is 11.8 Å². The zero-order valence-corrected chi connectivity index (χ0v) is 19.1. The molecule has 0 spiro atoms. The zero-order valence-electron chi connectivity index (χ0n) is 18.3. The van der Waals surface area contributed by atoms with Crippen LogP contribution in [0.5, 0.6) is 5.75 Å². The van der Waals surface area contributed by atoms with Crippen LogP contribution in [-0.4, -0.2) is 30.7 Å². The molecule has 0 saturated heterocycles. The average molecular weight is 427 g/mol. The van der Waals surface area contributed by atoms with E-state index in [0.717, 1.165) is 27.5 Å². The van der Waals surface area contributed by atoms with Crippen molar-refractivity contribution in [1.82, 2.24) is 5.32 Å². The first kappa shape index (κ1) is 22.2. The Morgan fingerprint density at radius 2 is 1.90 bits per heavy atom. The number of carbonyl (C=O) groups excluding carboxylic acids is 2. The van der Waals surface area contributed by atoms with Gasteiger partial charge in [0.2, 0.25) is 11.8 Å². The first-order valence-electron chi connectivity index (χ1n) is 10.2. The molecule has 2 aromatic carbocycles. The number of hydrogen-bond donors (Lipinski definition) is 1. The maximum atomic E-state index is 13.1. The highest BCUT2D eigenvalue weighted by molar-refractivity contribution is 8.00. The maximum Gasteiger partial charge on any atom is 0.243 e. The second-order valence-corrected chi connectivity index (χ2v) is 9.49. The van der Waals surface area contributed by atoms with Crippen LogP contribution in [-0.2, 0) is 21.5 Å². The maximum absolute atomic E-state index is 13.1. The fourth-order valence-corrected chi connectivity index (χ4v) is 4.40. The van der Waals surface area contributed by atoms with Gasteiger partial charge in [0.25, 0.3) is 0 Å². The van der Waals surface area contributed by atoms with E-state index >= 15 is 0 Å². The number of nitrogens with zero attached hydrogens (tertiary/aromatic N) is 1. The minimum Gasteiger partial charge on any atom is -0.497 e. The predicted molar refractivity (Wildman–Crippen MR) is 122 cm³/mol. The SMILES string of the molecule is CCC(C(=O)NCc1ccc(OC)cc1)N1C(=O)CSc2ccc(C(C)(C)C)cc21. The normalized spacial score (nSPS) is 14.8. The average Bonchev–Trinajstić information content (AvgIpc) is 2.73. The van der Waals surface area contributed by atoms with Crippen molar-refractivity contribution in [3.8, 4) is 5.75 Å². The number of nitrogens with one attached hydrogen (secondary N) is 1. The van der Waals surface area contributed by atoms with Crippen molar-refractivity contribution in [3.63, 3.8) is 0 Å². The number of methoxy groups -OCH3 is 1. The van der Waals surface area contributed by atoms with Gasteiger partial charge < -0.3 is 10.1 Å². The third-order valence-corrected chi connectivity index (χ3v) is 6.38. The predicted octanol–water partition coefficient (Wildman–Crippen LogP) is 4.53. The number of ether oxygens (including phenoxy) is 1. The van der Waals surface area contributed by atoms with E-state index in [1.165, 1.54) is 11.8 Å². The molecule has 1 aliphatic rings. The Bertz CT molecular complexity index is 919. The minimum atomic E-state index is -0.536. The molecule has 1 N–H and O–H groups in total. The van der Waals surface area contributed by atoms with Crippen molar-refractivity contribution in [2.75, 3.05) is 17.8 Å². The number of rotatable bonds is 6. The standard InChI is InChI=1S/C24H30N2O3S/c1-6-19(23(28)25-14-16-7-10-18(29-5)11-8-16)26-20-13-17(24(2,3)4)9-12-21(20)30-15-22(26)27/h7-13,19H,6,14-15H2,1-5H3,(H,25,28). The third-order valence-electron chi connectivity index (χ3n) is 5.33. The Kier molecular flexibility index (Phi) is 6.76. The number of carbonyl (C=O) groups is 2. The smallest absolute Gasteiger partial charge is 0.243 e. The quantitative estimate of drug-likeness (QED) is 0.737. The molecular weight excluding hydrogens is 396 g/mol. The molecule has 1 unspecified atom stereocenters. The first-order valence-corrected chi connectivity index (χ1v) is 11.2. The summed E-state index contributed by atoms with van der Waals surface area (Å²) in [6.45, 7) is 8.80. The molecule has 1 heterocycles. The molecule has 0 aromatic heterocycles. The topological polar surface area (TPSA) is 58.6 Å². The molecule has 6 heteroatoms. The van der Waals surface area contributed by atoms with Crippen molar-refractivity contribution >= 4 is 29.3 Å². The van der Waals surface area contributed by atoms with Gasteiger partial charge in [-0.15, -0.1) is 11.8 Å². The lowest BCUT2D eigenvalue weighted by Crippen LogP contribution is -2.51. The van der Waals surface area contributed by atoms with Crippen molar-refractivity contribution in [3.05, 3.63) is 53.6 Å². The summed E-state index contributed by atoms with van der Waals surface area (Å²) in [6, 6.07) is 13.3. The van der Waals surface area contributed by atoms with Gasteiger partial charge in [0.05, 0.1) is 18.6 Å². The van der Waals surface area contributed by atoms with Crippen LogP contribution in [0, 0.1) is 0 Å². The molecule has 0 saturated carbocycles. The van der Waals surface area contributed by atoms with Gasteiger partial charge in [-0.2, -0.15) is 0 Å². The highest BCUT2D eigenvalue weighted by atomic mass is 32.2. The van der Waals surface area contributed by atoms with E-state index in [9.17, 15) is 9.59 Å². The van der Waals surface area contributed by atoms with E-state index in [1.54, 1.807) is 12.0 Å². The number of hydrogen-bond acceptors (Lipinski definition) is 4. The minimum absolute atomic E-state index is 0.0231. The van der Waals surface area contributed by atoms with Gasteiger partial charge in [0.1, 0.15) is 11.8 Å². The van der Waals surface area contributed by atoms with Crippen molar-refractivity contribution in [2.24, 2.45) is 0 Å². The van der Waals surface area contributed by atoms with E-state index in [1.807, 2.05) is 31.2 Å². The Labute approximate surface area is 183 Å². The van der Waals surface area contributed by atoms with Crippen LogP contribution < -0.4 is 15.0 Å². The van der Waals surface area contributed by atoms with Gasteiger partial charge in [0.15, 0.2) is 0 Å². The number of amides is 2. The summed E-state index contributed by atoms with van der Waals surface area (Å²) >= 11 is 1.54. The lowest BCUT2D eigenvalue weighted by Gasteiger charge is -2.35. The summed E-state index contributed by atoms with van der Waals surface area (Å²) in [4.78, 5) is 28.7. The van der Waals surface area contributed by atoms with Gasteiger partial charge in [-0.05, 0) is 47.2 Å². The molecule has 1 aliphatic heterocycles. The number of thioether (sulfide) groups is 1. The van der Waals surface area contributed by atoms with E-state index in [-0.39, 0.29) is 17.2 Å². The molecule has 3 rings (SSSR count). The van der Waals surface area contributed by atoms with Crippen LogP contribution in [0.25, 0.3) is 0 Å². The summed E-state index contributed by atoms with van der Waals surface area (Å²) in [7, 11) is 1.62. The van der Waals surface area contributed by atoms with Crippen molar-refractivity contribution in [1.29, 1.82) is 0 Å². The second kappa shape index (κ2) is 9.13. The van der Waals surface area contributed by atoms with Gasteiger partial charge in [0, 0.05) is 11.4 Å². The van der Waals surface area contributed by atoms with Crippen LogP contribution in [0.3, 0.4) is 0 Å². The number of anilines is 1. The Morgan fingerprint density at radius 3 is 2.50 bits per heavy atom. The molecule has 5 nitrogen and oxygen atoms in total. The molecule has 30 heavy (non-hydrogen) atoms. The van der Waals surface area contributed by atoms with Crippen LogP contribution in [0.1, 0.15) is 45.2 Å². The summed E-state index contributed by atoms with van der Waals surface area (Å²) < 4.78 is 5.17. The molecule has 2 aromatic rings. The van der Waals surface area contributed by atoms with E-state index in [4.69, 9.17) is 4.74 Å². The first-order chi connectivity index (χ1) is 14.2. The summed E-state index contributed by atoms with van der Waals surface area (Å²) in [5.74, 6) is 0.967. The fourth-order valence-electron chi connectivity index (χ4n) is 3.51. The Balaban J connectivity index is 1.82. The molecule has 160 valence electrons. The van der Waals surface area contributed by atoms with Gasteiger partial charge in [-0.3, -0.25) is 14.5 Å². The Morgan fingerprint density at radius 1 is 1.20 bits per heavy atom. The van der Waals surface area contributed by atoms with Crippen LogP contribution in [0.2, 0.25) is 0 Å².